The second-order valence-electron chi connectivity index (χ2n) is 18.9. The number of esters is 2. The normalized spacial score (nSPS) is 21.5. The number of carbonyl (C=O) groups excluding carboxylic acids is 2. The number of carbonyl (C=O) groups is 2. The minimum Gasteiger partial charge on any atom is -0.462 e. The van der Waals surface area contributed by atoms with Crippen molar-refractivity contribution < 1.29 is 28.7 Å². The van der Waals surface area contributed by atoms with E-state index in [4.69, 9.17) is 19.1 Å². The molecule has 318 valence electrons. The van der Waals surface area contributed by atoms with Crippen LogP contribution in [0.2, 0.25) is 0 Å². The molecule has 2 saturated heterocycles. The number of hydroxylamine groups is 4. The Hall–Kier alpha value is 0.240. The SMILES string of the molecule is CCCCCCCC(I)ON1C(C)(C)CC(OC(=O)CCCCCCCCC(=O)OC2CC(C)(C)N(OC(I)CCCCCCC)C(C)(C)C2)CC1(C)C. The quantitative estimate of drug-likeness (QED) is 0.0349. The summed E-state index contributed by atoms with van der Waals surface area (Å²) in [5.74, 6) is -0.170. The number of rotatable bonds is 27. The topological polar surface area (TPSA) is 77.5 Å². The molecule has 0 aromatic rings. The number of halogens is 2. The van der Waals surface area contributed by atoms with E-state index in [9.17, 15) is 9.59 Å². The van der Waals surface area contributed by atoms with Crippen LogP contribution in [0.25, 0.3) is 0 Å². The van der Waals surface area contributed by atoms with Crippen molar-refractivity contribution in [3.8, 4) is 0 Å². The second-order valence-corrected chi connectivity index (χ2v) is 21.7. The smallest absolute Gasteiger partial charge is 0.306 e. The van der Waals surface area contributed by atoms with Crippen LogP contribution < -0.4 is 0 Å². The molecule has 2 fully saturated rings. The van der Waals surface area contributed by atoms with Crippen LogP contribution in [-0.4, -0.2) is 64.7 Å². The number of ether oxygens (including phenoxy) is 2. The summed E-state index contributed by atoms with van der Waals surface area (Å²) in [7, 11) is 0. The van der Waals surface area contributed by atoms with E-state index < -0.39 is 0 Å². The van der Waals surface area contributed by atoms with Crippen molar-refractivity contribution in [2.75, 3.05) is 0 Å². The first-order valence-electron chi connectivity index (χ1n) is 21.9. The molecule has 10 heteroatoms. The maximum Gasteiger partial charge on any atom is 0.306 e. The van der Waals surface area contributed by atoms with E-state index in [0.29, 0.717) is 12.8 Å². The molecule has 0 radical (unpaired) electrons. The molecule has 54 heavy (non-hydrogen) atoms. The lowest BCUT2D eigenvalue weighted by atomic mass is 9.80. The van der Waals surface area contributed by atoms with Gasteiger partial charge in [-0.15, -0.1) is 0 Å². The molecule has 0 saturated carbocycles. The minimum atomic E-state index is -0.226. The van der Waals surface area contributed by atoms with Gasteiger partial charge in [-0.25, -0.2) is 0 Å². The van der Waals surface area contributed by atoms with Crippen molar-refractivity contribution in [1.29, 1.82) is 0 Å². The van der Waals surface area contributed by atoms with Gasteiger partial charge < -0.3 is 9.47 Å². The van der Waals surface area contributed by atoms with Crippen molar-refractivity contribution in [1.82, 2.24) is 10.1 Å². The third-order valence-electron chi connectivity index (χ3n) is 11.2. The van der Waals surface area contributed by atoms with Gasteiger partial charge in [0, 0.05) is 60.7 Å². The highest BCUT2D eigenvalue weighted by molar-refractivity contribution is 14.1. The Kier molecular flexibility index (Phi) is 23.3. The molecule has 2 heterocycles. The van der Waals surface area contributed by atoms with Crippen LogP contribution in [0.4, 0.5) is 0 Å². The first-order valence-corrected chi connectivity index (χ1v) is 24.4. The minimum absolute atomic E-state index is 0.0850. The average molecular weight is 989 g/mol. The lowest BCUT2D eigenvalue weighted by Crippen LogP contribution is -2.62. The predicted octanol–water partition coefficient (Wildman–Crippen LogP) is 13.3. The monoisotopic (exact) mass is 988 g/mol. The fourth-order valence-corrected chi connectivity index (χ4v) is 10.3. The maximum absolute atomic E-state index is 12.8. The van der Waals surface area contributed by atoms with Crippen molar-refractivity contribution in [2.24, 2.45) is 0 Å². The highest BCUT2D eigenvalue weighted by Gasteiger charge is 2.49. The maximum atomic E-state index is 12.8. The van der Waals surface area contributed by atoms with Crippen molar-refractivity contribution in [2.45, 2.75) is 266 Å². The van der Waals surface area contributed by atoms with Gasteiger partial charge in [0.15, 0.2) is 0 Å². The third kappa shape index (κ3) is 18.9. The first kappa shape index (κ1) is 50.4. The van der Waals surface area contributed by atoms with E-state index in [-0.39, 0.29) is 54.5 Å². The Bertz CT molecular complexity index is 952. The van der Waals surface area contributed by atoms with Crippen LogP contribution in [0, 0.1) is 0 Å². The zero-order chi connectivity index (χ0) is 40.4. The summed E-state index contributed by atoms with van der Waals surface area (Å²) in [5, 5.41) is 4.37. The van der Waals surface area contributed by atoms with Crippen molar-refractivity contribution in [3.63, 3.8) is 0 Å². The van der Waals surface area contributed by atoms with Gasteiger partial charge in [-0.3, -0.25) is 19.3 Å². The highest BCUT2D eigenvalue weighted by atomic mass is 127. The summed E-state index contributed by atoms with van der Waals surface area (Å²) in [6, 6.07) is 0. The van der Waals surface area contributed by atoms with Gasteiger partial charge in [0.2, 0.25) is 0 Å². The van der Waals surface area contributed by atoms with Gasteiger partial charge in [-0.2, -0.15) is 10.1 Å². The van der Waals surface area contributed by atoms with Crippen LogP contribution >= 0.6 is 45.2 Å². The van der Waals surface area contributed by atoms with Crippen LogP contribution in [0.1, 0.15) is 223 Å². The molecule has 2 atom stereocenters. The van der Waals surface area contributed by atoms with E-state index in [1.165, 1.54) is 64.2 Å². The average Bonchev–Trinajstić information content (AvgIpc) is 3.04. The lowest BCUT2D eigenvalue weighted by molar-refractivity contribution is -0.297. The Labute approximate surface area is 359 Å². The predicted molar refractivity (Wildman–Crippen MR) is 240 cm³/mol. The number of nitrogens with zero attached hydrogens (tertiary/aromatic N) is 2. The van der Waals surface area contributed by atoms with E-state index in [1.807, 2.05) is 0 Å². The van der Waals surface area contributed by atoms with Crippen LogP contribution in [0.3, 0.4) is 0 Å². The molecule has 0 bridgehead atoms. The molecule has 2 unspecified atom stereocenters. The molecule has 0 N–H and O–H groups in total. The molecule has 8 nitrogen and oxygen atoms in total. The van der Waals surface area contributed by atoms with Gasteiger partial charge in [0.1, 0.15) is 20.4 Å². The number of hydrogen-bond acceptors (Lipinski definition) is 8. The zero-order valence-corrected chi connectivity index (χ0v) is 40.7. The number of hydrogen-bond donors (Lipinski definition) is 0. The zero-order valence-electron chi connectivity index (χ0n) is 36.4. The summed E-state index contributed by atoms with van der Waals surface area (Å²) in [5.41, 5.74) is -0.906. The van der Waals surface area contributed by atoms with Crippen molar-refractivity contribution >= 4 is 57.1 Å². The van der Waals surface area contributed by atoms with Crippen LogP contribution in [0.5, 0.6) is 0 Å². The molecule has 2 aliphatic heterocycles. The fraction of sp³-hybridized carbons (Fsp3) is 0.955. The molecule has 2 rings (SSSR count). The second kappa shape index (κ2) is 25.0. The Morgan fingerprint density at radius 1 is 0.500 bits per heavy atom. The van der Waals surface area contributed by atoms with Gasteiger partial charge in [-0.05, 0) is 139 Å². The van der Waals surface area contributed by atoms with E-state index >= 15 is 0 Å². The summed E-state index contributed by atoms with van der Waals surface area (Å²) in [4.78, 5) is 38.8. The number of piperidine rings is 2. The lowest BCUT2D eigenvalue weighted by Gasteiger charge is -2.53. The molecular weight excluding hydrogens is 906 g/mol. The Balaban J connectivity index is 1.61. The molecule has 0 aromatic carbocycles. The first-order chi connectivity index (χ1) is 25.3. The fourth-order valence-electron chi connectivity index (χ4n) is 8.97. The highest BCUT2D eigenvalue weighted by Crippen LogP contribution is 2.42. The number of alkyl halides is 2. The summed E-state index contributed by atoms with van der Waals surface area (Å²) < 4.78 is 12.4. The summed E-state index contributed by atoms with van der Waals surface area (Å²) in [6.07, 6.45) is 24.4. The number of unbranched alkanes of at least 4 members (excludes halogenated alkanes) is 13. The van der Waals surface area contributed by atoms with Gasteiger partial charge in [0.25, 0.3) is 0 Å². The van der Waals surface area contributed by atoms with Crippen LogP contribution in [0.15, 0.2) is 0 Å². The van der Waals surface area contributed by atoms with E-state index in [0.717, 1.165) is 77.0 Å². The summed E-state index contributed by atoms with van der Waals surface area (Å²) >= 11 is 4.88. The van der Waals surface area contributed by atoms with Crippen LogP contribution in [-0.2, 0) is 28.7 Å². The Morgan fingerprint density at radius 2 is 0.778 bits per heavy atom. The Morgan fingerprint density at radius 3 is 1.09 bits per heavy atom. The third-order valence-corrected chi connectivity index (χ3v) is 12.9. The van der Waals surface area contributed by atoms with Gasteiger partial charge in [0.05, 0.1) is 0 Å². The van der Waals surface area contributed by atoms with E-state index in [2.05, 4.69) is 125 Å². The largest absolute Gasteiger partial charge is 0.462 e. The standard InChI is InChI=1S/C44H82I2N2O6/c1-11-13-15-19-23-27-37(45)53-47-41(3,4)31-35(32-42(47,5)6)51-39(49)29-25-21-17-18-22-26-30-40(50)52-36-33-43(7,8)48(44(9,10)34-36)54-38(46)28-24-20-16-14-12-2/h35-38H,11-34H2,1-10H3. The molecule has 0 aliphatic carbocycles. The molecule has 0 spiro atoms. The molecule has 0 amide bonds. The van der Waals surface area contributed by atoms with E-state index in [1.54, 1.807) is 0 Å². The molecular formula is C44H82I2N2O6. The van der Waals surface area contributed by atoms with Gasteiger partial charge in [-0.1, -0.05) is 90.9 Å². The summed E-state index contributed by atoms with van der Waals surface area (Å²) in [6.45, 7) is 22.1. The molecule has 2 aliphatic rings. The van der Waals surface area contributed by atoms with Crippen molar-refractivity contribution in [3.05, 3.63) is 0 Å². The molecule has 0 aromatic heterocycles. The van der Waals surface area contributed by atoms with Gasteiger partial charge >= 0.3 is 11.9 Å².